The van der Waals surface area contributed by atoms with Gasteiger partial charge in [-0.3, -0.25) is 4.79 Å². The van der Waals surface area contributed by atoms with E-state index in [1.54, 1.807) is 0 Å². The summed E-state index contributed by atoms with van der Waals surface area (Å²) < 4.78 is 4.93. The van der Waals surface area contributed by atoms with Crippen molar-refractivity contribution in [1.29, 1.82) is 0 Å². The van der Waals surface area contributed by atoms with Gasteiger partial charge in [-0.05, 0) is 18.6 Å². The number of hydrogen-bond acceptors (Lipinski definition) is 2. The van der Waals surface area contributed by atoms with Crippen LogP contribution in [0.2, 0.25) is 0 Å². The molecule has 1 rings (SSSR count). The van der Waals surface area contributed by atoms with Crippen LogP contribution in [-0.2, 0) is 9.53 Å². The first kappa shape index (κ1) is 9.78. The second-order valence-electron chi connectivity index (χ2n) is 3.45. The minimum atomic E-state index is -0.280. The fourth-order valence-electron chi connectivity index (χ4n) is 1.12. The van der Waals surface area contributed by atoms with Gasteiger partial charge in [0.2, 0.25) is 0 Å². The summed E-state index contributed by atoms with van der Waals surface area (Å²) in [7, 11) is 0. The van der Waals surface area contributed by atoms with Crippen LogP contribution in [0.25, 0.3) is 0 Å². The molecular formula is C11H14O2. The lowest BCUT2D eigenvalue weighted by Gasteiger charge is -2.23. The van der Waals surface area contributed by atoms with Gasteiger partial charge in [0.15, 0.2) is 0 Å². The van der Waals surface area contributed by atoms with Gasteiger partial charge in [-0.1, -0.05) is 19.1 Å². The summed E-state index contributed by atoms with van der Waals surface area (Å²) >= 11 is 0. The van der Waals surface area contributed by atoms with E-state index >= 15 is 0 Å². The zero-order valence-electron chi connectivity index (χ0n) is 8.04. The van der Waals surface area contributed by atoms with Crippen LogP contribution in [0.1, 0.15) is 20.3 Å². The minimum Gasteiger partial charge on any atom is -0.427 e. The molecule has 0 heterocycles. The molecule has 0 radical (unpaired) electrons. The lowest BCUT2D eigenvalue weighted by Crippen LogP contribution is -2.12. The van der Waals surface area contributed by atoms with Gasteiger partial charge >= 0.3 is 5.97 Å². The van der Waals surface area contributed by atoms with Crippen LogP contribution in [-0.4, -0.2) is 5.97 Å². The van der Waals surface area contributed by atoms with Crippen molar-refractivity contribution in [2.75, 3.05) is 0 Å². The van der Waals surface area contributed by atoms with Crippen molar-refractivity contribution in [1.82, 2.24) is 0 Å². The third-order valence-electron chi connectivity index (χ3n) is 2.10. The minimum absolute atomic E-state index is 0.00362. The third kappa shape index (κ3) is 2.58. The molecule has 1 aliphatic carbocycles. The number of carbonyl (C=O) groups excluding carboxylic acids is 1. The van der Waals surface area contributed by atoms with Crippen molar-refractivity contribution >= 4 is 5.97 Å². The van der Waals surface area contributed by atoms with Crippen LogP contribution < -0.4 is 0 Å². The summed E-state index contributed by atoms with van der Waals surface area (Å²) in [5.41, 5.74) is 0.00362. The molecule has 1 atom stereocenters. The molecule has 0 saturated heterocycles. The van der Waals surface area contributed by atoms with Crippen LogP contribution >= 0.6 is 0 Å². The molecule has 0 spiro atoms. The highest BCUT2D eigenvalue weighted by Gasteiger charge is 2.19. The van der Waals surface area contributed by atoms with Gasteiger partial charge in [-0.15, -0.1) is 6.58 Å². The van der Waals surface area contributed by atoms with Crippen molar-refractivity contribution < 1.29 is 9.53 Å². The molecule has 0 aromatic heterocycles. The number of esters is 1. The highest BCUT2D eigenvalue weighted by molar-refractivity contribution is 5.67. The average molecular weight is 178 g/mol. The van der Waals surface area contributed by atoms with E-state index in [1.165, 1.54) is 6.92 Å². The van der Waals surface area contributed by atoms with Gasteiger partial charge in [-0.25, -0.2) is 0 Å². The predicted octanol–water partition coefficient (Wildman–Crippen LogP) is 2.59. The second-order valence-corrected chi connectivity index (χ2v) is 3.45. The maximum absolute atomic E-state index is 10.6. The van der Waals surface area contributed by atoms with E-state index in [1.807, 2.05) is 24.3 Å². The van der Waals surface area contributed by atoms with E-state index in [2.05, 4.69) is 13.5 Å². The van der Waals surface area contributed by atoms with Crippen LogP contribution in [0.15, 0.2) is 36.6 Å². The standard InChI is InChI=1S/C11H14O2/c1-4-11(3)7-5-10(6-8-11)13-9(2)12/h4-7H,1,8H2,2-3H3. The SMILES string of the molecule is C=CC1(C)C=CC(OC(C)=O)=CC1. The molecule has 13 heavy (non-hydrogen) atoms. The molecule has 0 amide bonds. The summed E-state index contributed by atoms with van der Waals surface area (Å²) in [6.07, 6.45) is 8.44. The maximum Gasteiger partial charge on any atom is 0.308 e. The molecule has 1 aliphatic rings. The van der Waals surface area contributed by atoms with Crippen LogP contribution in [0.3, 0.4) is 0 Å². The summed E-state index contributed by atoms with van der Waals surface area (Å²) in [5.74, 6) is 0.352. The zero-order valence-corrected chi connectivity index (χ0v) is 8.04. The molecule has 0 aromatic carbocycles. The smallest absolute Gasteiger partial charge is 0.308 e. The fraction of sp³-hybridized carbons (Fsp3) is 0.364. The quantitative estimate of drug-likeness (QED) is 0.480. The summed E-state index contributed by atoms with van der Waals surface area (Å²) in [5, 5.41) is 0. The summed E-state index contributed by atoms with van der Waals surface area (Å²) in [4.78, 5) is 10.6. The van der Waals surface area contributed by atoms with Crippen molar-refractivity contribution in [2.24, 2.45) is 5.41 Å². The molecule has 2 heteroatoms. The molecule has 0 N–H and O–H groups in total. The number of hydrogen-bond donors (Lipinski definition) is 0. The number of ether oxygens (including phenoxy) is 1. The normalized spacial score (nSPS) is 26.5. The number of rotatable bonds is 2. The van der Waals surface area contributed by atoms with E-state index in [4.69, 9.17) is 4.74 Å². The Morgan fingerprint density at radius 2 is 2.46 bits per heavy atom. The van der Waals surface area contributed by atoms with Crippen molar-refractivity contribution in [3.05, 3.63) is 36.6 Å². The van der Waals surface area contributed by atoms with Crippen molar-refractivity contribution in [2.45, 2.75) is 20.3 Å². The first-order chi connectivity index (χ1) is 6.06. The number of allylic oxidation sites excluding steroid dienone is 4. The Hall–Kier alpha value is -1.31. The van der Waals surface area contributed by atoms with Crippen molar-refractivity contribution in [3.8, 4) is 0 Å². The van der Waals surface area contributed by atoms with Gasteiger partial charge < -0.3 is 4.74 Å². The van der Waals surface area contributed by atoms with Gasteiger partial charge in [0, 0.05) is 12.3 Å². The van der Waals surface area contributed by atoms with Crippen molar-refractivity contribution in [3.63, 3.8) is 0 Å². The van der Waals surface area contributed by atoms with Gasteiger partial charge in [0.05, 0.1) is 0 Å². The third-order valence-corrected chi connectivity index (χ3v) is 2.10. The van der Waals surface area contributed by atoms with Crippen LogP contribution in [0.5, 0.6) is 0 Å². The van der Waals surface area contributed by atoms with E-state index in [9.17, 15) is 4.79 Å². The Labute approximate surface area is 78.6 Å². The van der Waals surface area contributed by atoms with E-state index in [0.29, 0.717) is 5.76 Å². The Balaban J connectivity index is 2.64. The molecule has 0 aliphatic heterocycles. The van der Waals surface area contributed by atoms with Crippen LogP contribution in [0, 0.1) is 5.41 Å². The first-order valence-electron chi connectivity index (χ1n) is 4.27. The zero-order chi connectivity index (χ0) is 9.90. The monoisotopic (exact) mass is 178 g/mol. The number of carbonyl (C=O) groups is 1. The van der Waals surface area contributed by atoms with Gasteiger partial charge in [-0.2, -0.15) is 0 Å². The first-order valence-corrected chi connectivity index (χ1v) is 4.27. The van der Waals surface area contributed by atoms with E-state index in [0.717, 1.165) is 6.42 Å². The lowest BCUT2D eigenvalue weighted by molar-refractivity contribution is -0.136. The maximum atomic E-state index is 10.6. The average Bonchev–Trinajstić information content (AvgIpc) is 2.09. The largest absolute Gasteiger partial charge is 0.427 e. The summed E-state index contributed by atoms with van der Waals surface area (Å²) in [6.45, 7) is 7.23. The fourth-order valence-corrected chi connectivity index (χ4v) is 1.12. The molecule has 0 fully saturated rings. The van der Waals surface area contributed by atoms with Crippen LogP contribution in [0.4, 0.5) is 0 Å². The predicted molar refractivity (Wildman–Crippen MR) is 51.9 cm³/mol. The molecule has 2 nitrogen and oxygen atoms in total. The molecule has 0 saturated carbocycles. The molecule has 1 unspecified atom stereocenters. The van der Waals surface area contributed by atoms with E-state index in [-0.39, 0.29) is 11.4 Å². The Bertz CT molecular complexity index is 286. The second kappa shape index (κ2) is 3.60. The Kier molecular flexibility index (Phi) is 2.71. The van der Waals surface area contributed by atoms with E-state index < -0.39 is 0 Å². The molecule has 0 bridgehead atoms. The van der Waals surface area contributed by atoms with Gasteiger partial charge in [0.25, 0.3) is 0 Å². The molecule has 0 aromatic rings. The Morgan fingerprint density at radius 1 is 1.77 bits per heavy atom. The highest BCUT2D eigenvalue weighted by Crippen LogP contribution is 2.30. The topological polar surface area (TPSA) is 26.3 Å². The molecular weight excluding hydrogens is 164 g/mol. The Morgan fingerprint density at radius 3 is 2.85 bits per heavy atom. The lowest BCUT2D eigenvalue weighted by atomic mass is 9.84. The highest BCUT2D eigenvalue weighted by atomic mass is 16.5. The molecule has 70 valence electrons. The van der Waals surface area contributed by atoms with Gasteiger partial charge in [0.1, 0.15) is 5.76 Å². The summed E-state index contributed by atoms with van der Waals surface area (Å²) in [6, 6.07) is 0.